The first kappa shape index (κ1) is 16.5. The van der Waals surface area contributed by atoms with Gasteiger partial charge in [0, 0.05) is 7.05 Å². The van der Waals surface area contributed by atoms with Gasteiger partial charge in [-0.2, -0.15) is 5.10 Å². The predicted octanol–water partition coefficient (Wildman–Crippen LogP) is 1.85. The van der Waals surface area contributed by atoms with Crippen molar-refractivity contribution in [3.63, 3.8) is 0 Å². The van der Waals surface area contributed by atoms with Crippen LogP contribution in [0.4, 0.5) is 5.69 Å². The van der Waals surface area contributed by atoms with E-state index in [1.165, 1.54) is 6.07 Å². The molecular formula is C16H19N3O4. The highest BCUT2D eigenvalue weighted by Crippen LogP contribution is 2.22. The van der Waals surface area contributed by atoms with Crippen LogP contribution in [0.1, 0.15) is 27.3 Å². The standard InChI is InChI=1S/C16H19N3O4/c1-9-6-5-7-12(15(9)21)16(22)23-8-13(20)17-14-10(2)18-19(4)11(14)3/h5-7,21H,8H2,1-4H3,(H,17,20). The van der Waals surface area contributed by atoms with Crippen LogP contribution in [0.2, 0.25) is 0 Å². The molecule has 0 atom stereocenters. The first-order valence-corrected chi connectivity index (χ1v) is 7.07. The quantitative estimate of drug-likeness (QED) is 0.839. The second-order valence-electron chi connectivity index (χ2n) is 5.26. The van der Waals surface area contributed by atoms with E-state index in [-0.39, 0.29) is 11.3 Å². The fourth-order valence-electron chi connectivity index (χ4n) is 2.16. The maximum Gasteiger partial charge on any atom is 0.342 e. The topological polar surface area (TPSA) is 93.5 Å². The number of ether oxygens (including phenoxy) is 1. The van der Waals surface area contributed by atoms with Gasteiger partial charge in [-0.25, -0.2) is 4.79 Å². The number of phenolic OH excluding ortho intramolecular Hbond substituents is 1. The lowest BCUT2D eigenvalue weighted by Crippen LogP contribution is -2.21. The van der Waals surface area contributed by atoms with Crippen LogP contribution in [0.25, 0.3) is 0 Å². The molecule has 0 fully saturated rings. The number of rotatable bonds is 4. The van der Waals surface area contributed by atoms with Gasteiger partial charge in [-0.1, -0.05) is 12.1 Å². The lowest BCUT2D eigenvalue weighted by atomic mass is 10.1. The lowest BCUT2D eigenvalue weighted by molar-refractivity contribution is -0.119. The summed E-state index contributed by atoms with van der Waals surface area (Å²) in [6, 6.07) is 4.75. The van der Waals surface area contributed by atoms with Crippen molar-refractivity contribution in [2.24, 2.45) is 7.05 Å². The summed E-state index contributed by atoms with van der Waals surface area (Å²) in [5, 5.41) is 16.7. The number of amides is 1. The minimum atomic E-state index is -0.749. The number of hydrogen-bond donors (Lipinski definition) is 2. The Morgan fingerprint density at radius 2 is 2.00 bits per heavy atom. The molecule has 23 heavy (non-hydrogen) atoms. The van der Waals surface area contributed by atoms with Crippen LogP contribution in [0.5, 0.6) is 5.75 Å². The summed E-state index contributed by atoms with van der Waals surface area (Å²) in [4.78, 5) is 23.9. The van der Waals surface area contributed by atoms with Gasteiger partial charge >= 0.3 is 5.97 Å². The third-order valence-electron chi connectivity index (χ3n) is 3.57. The SMILES string of the molecule is Cc1cccc(C(=O)OCC(=O)Nc2c(C)nn(C)c2C)c1O. The number of para-hydroxylation sites is 1. The number of carbonyl (C=O) groups is 2. The zero-order valence-electron chi connectivity index (χ0n) is 13.5. The van der Waals surface area contributed by atoms with Crippen LogP contribution in [0.15, 0.2) is 18.2 Å². The van der Waals surface area contributed by atoms with Gasteiger partial charge in [0.05, 0.1) is 17.1 Å². The maximum absolute atomic E-state index is 11.9. The molecule has 2 rings (SSSR count). The van der Waals surface area contributed by atoms with E-state index in [0.29, 0.717) is 16.9 Å². The Hall–Kier alpha value is -2.83. The van der Waals surface area contributed by atoms with Crippen molar-refractivity contribution in [3.8, 4) is 5.75 Å². The van der Waals surface area contributed by atoms with Gasteiger partial charge in [0.2, 0.25) is 0 Å². The molecule has 1 aromatic carbocycles. The fourth-order valence-corrected chi connectivity index (χ4v) is 2.16. The number of aromatic nitrogens is 2. The average molecular weight is 317 g/mol. The van der Waals surface area contributed by atoms with E-state index in [1.807, 2.05) is 6.92 Å². The monoisotopic (exact) mass is 317 g/mol. The van der Waals surface area contributed by atoms with Gasteiger partial charge in [-0.3, -0.25) is 9.48 Å². The van der Waals surface area contributed by atoms with Gasteiger partial charge in [0.15, 0.2) is 6.61 Å². The van der Waals surface area contributed by atoms with Crippen LogP contribution in [-0.2, 0) is 16.6 Å². The van der Waals surface area contributed by atoms with Crippen LogP contribution in [-0.4, -0.2) is 33.4 Å². The molecule has 0 saturated heterocycles. The normalized spacial score (nSPS) is 10.4. The van der Waals surface area contributed by atoms with Gasteiger partial charge in [-0.05, 0) is 32.4 Å². The number of nitrogens with zero attached hydrogens (tertiary/aromatic N) is 2. The maximum atomic E-state index is 11.9. The number of anilines is 1. The second kappa shape index (κ2) is 6.51. The molecule has 1 amide bonds. The molecule has 122 valence electrons. The Kier molecular flexibility index (Phi) is 4.68. The first-order valence-electron chi connectivity index (χ1n) is 7.07. The van der Waals surface area contributed by atoms with Crippen LogP contribution < -0.4 is 5.32 Å². The van der Waals surface area contributed by atoms with E-state index in [4.69, 9.17) is 4.74 Å². The molecule has 1 heterocycles. The van der Waals surface area contributed by atoms with Crippen molar-refractivity contribution in [3.05, 3.63) is 40.7 Å². The molecule has 7 nitrogen and oxygen atoms in total. The molecule has 0 spiro atoms. The molecule has 0 aliphatic heterocycles. The third kappa shape index (κ3) is 3.50. The number of aromatic hydroxyl groups is 1. The Balaban J connectivity index is 1.99. The number of aryl methyl sites for hydroxylation is 3. The fraction of sp³-hybridized carbons (Fsp3) is 0.312. The van der Waals surface area contributed by atoms with E-state index in [1.54, 1.807) is 37.7 Å². The van der Waals surface area contributed by atoms with Crippen molar-refractivity contribution in [2.75, 3.05) is 11.9 Å². The minimum Gasteiger partial charge on any atom is -0.507 e. The molecule has 1 aromatic heterocycles. The van der Waals surface area contributed by atoms with Gasteiger partial charge in [0.25, 0.3) is 5.91 Å². The number of benzene rings is 1. The number of hydrogen-bond acceptors (Lipinski definition) is 5. The first-order chi connectivity index (χ1) is 10.8. The smallest absolute Gasteiger partial charge is 0.342 e. The molecule has 2 N–H and O–H groups in total. The van der Waals surface area contributed by atoms with Gasteiger partial charge in [0.1, 0.15) is 11.3 Å². The average Bonchev–Trinajstić information content (AvgIpc) is 2.74. The highest BCUT2D eigenvalue weighted by Gasteiger charge is 2.17. The number of phenols is 1. The van der Waals surface area contributed by atoms with Crippen molar-refractivity contribution in [1.82, 2.24) is 9.78 Å². The summed E-state index contributed by atoms with van der Waals surface area (Å²) in [6.07, 6.45) is 0. The molecule has 0 aliphatic carbocycles. The van der Waals surface area contributed by atoms with Crippen LogP contribution in [0.3, 0.4) is 0 Å². The largest absolute Gasteiger partial charge is 0.507 e. The van der Waals surface area contributed by atoms with Crippen LogP contribution in [0, 0.1) is 20.8 Å². The Labute approximate surface area is 133 Å². The van der Waals surface area contributed by atoms with Gasteiger partial charge in [-0.15, -0.1) is 0 Å². The molecule has 7 heteroatoms. The molecule has 0 saturated carbocycles. The highest BCUT2D eigenvalue weighted by atomic mass is 16.5. The minimum absolute atomic E-state index is 0.0338. The van der Waals surface area contributed by atoms with Crippen molar-refractivity contribution < 1.29 is 19.4 Å². The lowest BCUT2D eigenvalue weighted by Gasteiger charge is -2.08. The molecule has 2 aromatic rings. The van der Waals surface area contributed by atoms with E-state index in [9.17, 15) is 14.7 Å². The second-order valence-corrected chi connectivity index (χ2v) is 5.26. The van der Waals surface area contributed by atoms with E-state index in [0.717, 1.165) is 5.69 Å². The summed E-state index contributed by atoms with van der Waals surface area (Å²) in [7, 11) is 1.78. The Morgan fingerprint density at radius 1 is 1.30 bits per heavy atom. The van der Waals surface area contributed by atoms with Gasteiger partial charge < -0.3 is 15.2 Å². The molecule has 0 bridgehead atoms. The molecule has 0 radical (unpaired) electrons. The van der Waals surface area contributed by atoms with E-state index >= 15 is 0 Å². The summed E-state index contributed by atoms with van der Waals surface area (Å²) in [6.45, 7) is 4.83. The number of esters is 1. The highest BCUT2D eigenvalue weighted by molar-refractivity contribution is 5.97. The van der Waals surface area contributed by atoms with E-state index < -0.39 is 18.5 Å². The zero-order valence-corrected chi connectivity index (χ0v) is 13.5. The predicted molar refractivity (Wildman–Crippen MR) is 84.4 cm³/mol. The third-order valence-corrected chi connectivity index (χ3v) is 3.57. The number of carbonyl (C=O) groups excluding carboxylic acids is 2. The summed E-state index contributed by atoms with van der Waals surface area (Å²) in [5.74, 6) is -1.36. The molecular weight excluding hydrogens is 298 g/mol. The zero-order chi connectivity index (χ0) is 17.1. The molecule has 0 aliphatic rings. The van der Waals surface area contributed by atoms with Crippen molar-refractivity contribution >= 4 is 17.6 Å². The summed E-state index contributed by atoms with van der Waals surface area (Å²) in [5.41, 5.74) is 2.68. The number of nitrogens with one attached hydrogen (secondary N) is 1. The molecule has 0 unspecified atom stereocenters. The summed E-state index contributed by atoms with van der Waals surface area (Å²) < 4.78 is 6.60. The van der Waals surface area contributed by atoms with Crippen molar-refractivity contribution in [1.29, 1.82) is 0 Å². The Bertz CT molecular complexity index is 765. The Morgan fingerprint density at radius 3 is 2.61 bits per heavy atom. The van der Waals surface area contributed by atoms with Crippen molar-refractivity contribution in [2.45, 2.75) is 20.8 Å². The summed E-state index contributed by atoms with van der Waals surface area (Å²) >= 11 is 0. The van der Waals surface area contributed by atoms with Crippen LogP contribution >= 0.6 is 0 Å². The van der Waals surface area contributed by atoms with E-state index in [2.05, 4.69) is 10.4 Å².